The number of carboxylic acid groups (broad SMARTS) is 1. The molecule has 14 heavy (non-hydrogen) atoms. The number of hydrogen-bond donors (Lipinski definition) is 2. The van der Waals surface area contributed by atoms with Crippen LogP contribution in [0.4, 0.5) is 5.13 Å². The van der Waals surface area contributed by atoms with Crippen LogP contribution in [0.5, 0.6) is 0 Å². The average Bonchev–Trinajstić information content (AvgIpc) is 2.61. The second-order valence-electron chi connectivity index (χ2n) is 2.97. The summed E-state index contributed by atoms with van der Waals surface area (Å²) in [5, 5.41) is 21.0. The topological polar surface area (TPSA) is 75.1 Å². The molecule has 1 rings (SSSR count). The lowest BCUT2D eigenvalue weighted by atomic mass is 10.2. The monoisotopic (exact) mass is 215 g/mol. The summed E-state index contributed by atoms with van der Waals surface area (Å²) in [6.07, 6.45) is 0.855. The third-order valence-corrected chi connectivity index (χ3v) is 2.78. The van der Waals surface area contributed by atoms with Crippen LogP contribution in [0.3, 0.4) is 0 Å². The number of carboxylic acids is 1. The maximum Gasteiger partial charge on any atom is 0.308 e. The van der Waals surface area contributed by atoms with Crippen LogP contribution in [-0.2, 0) is 11.2 Å². The summed E-state index contributed by atoms with van der Waals surface area (Å²) in [4.78, 5) is 10.5. The van der Waals surface area contributed by atoms with Gasteiger partial charge in [0.05, 0.1) is 5.92 Å². The number of anilines is 1. The quantitative estimate of drug-likeness (QED) is 0.772. The SMILES string of the molecule is CCc1nnc(NCC(C)C(=O)O)s1. The van der Waals surface area contributed by atoms with Crippen LogP contribution in [0.15, 0.2) is 0 Å². The molecule has 1 atom stereocenters. The highest BCUT2D eigenvalue weighted by Gasteiger charge is 2.11. The van der Waals surface area contributed by atoms with Crippen LogP contribution in [-0.4, -0.2) is 27.8 Å². The van der Waals surface area contributed by atoms with E-state index in [1.54, 1.807) is 6.92 Å². The van der Waals surface area contributed by atoms with Crippen LogP contribution in [0, 0.1) is 5.92 Å². The molecule has 0 bridgehead atoms. The minimum absolute atomic E-state index is 0.383. The largest absolute Gasteiger partial charge is 0.481 e. The molecule has 0 aliphatic heterocycles. The molecule has 0 aliphatic carbocycles. The first-order valence-corrected chi connectivity index (χ1v) is 5.24. The van der Waals surface area contributed by atoms with E-state index in [0.29, 0.717) is 11.7 Å². The van der Waals surface area contributed by atoms with Crippen molar-refractivity contribution in [3.8, 4) is 0 Å². The zero-order valence-electron chi connectivity index (χ0n) is 8.15. The van der Waals surface area contributed by atoms with Gasteiger partial charge in [-0.05, 0) is 6.42 Å². The summed E-state index contributed by atoms with van der Waals surface area (Å²) in [7, 11) is 0. The standard InChI is InChI=1S/C8H13N3O2S/c1-3-6-10-11-8(14-6)9-4-5(2)7(12)13/h5H,3-4H2,1-2H3,(H,9,11)(H,12,13). The Kier molecular flexibility index (Phi) is 3.82. The first-order chi connectivity index (χ1) is 6.63. The van der Waals surface area contributed by atoms with Crippen molar-refractivity contribution < 1.29 is 9.90 Å². The first-order valence-electron chi connectivity index (χ1n) is 4.42. The van der Waals surface area contributed by atoms with E-state index in [1.807, 2.05) is 6.92 Å². The summed E-state index contributed by atoms with van der Waals surface area (Å²) in [6, 6.07) is 0. The Hall–Kier alpha value is -1.17. The van der Waals surface area contributed by atoms with Gasteiger partial charge in [0.2, 0.25) is 5.13 Å². The van der Waals surface area contributed by atoms with Crippen LogP contribution in [0.25, 0.3) is 0 Å². The summed E-state index contributed by atoms with van der Waals surface area (Å²) >= 11 is 1.46. The molecule has 6 heteroatoms. The highest BCUT2D eigenvalue weighted by Crippen LogP contribution is 2.15. The first kappa shape index (κ1) is 10.9. The third-order valence-electron chi connectivity index (χ3n) is 1.75. The number of rotatable bonds is 5. The van der Waals surface area contributed by atoms with Crippen molar-refractivity contribution in [2.75, 3.05) is 11.9 Å². The van der Waals surface area contributed by atoms with Crippen molar-refractivity contribution in [1.82, 2.24) is 10.2 Å². The van der Waals surface area contributed by atoms with Gasteiger partial charge in [0, 0.05) is 6.54 Å². The molecule has 0 fully saturated rings. The number of aliphatic carboxylic acids is 1. The fourth-order valence-corrected chi connectivity index (χ4v) is 1.48. The van der Waals surface area contributed by atoms with E-state index in [-0.39, 0.29) is 0 Å². The molecule has 78 valence electrons. The molecule has 2 N–H and O–H groups in total. The van der Waals surface area contributed by atoms with Crippen molar-refractivity contribution in [1.29, 1.82) is 0 Å². The van der Waals surface area contributed by atoms with Crippen molar-refractivity contribution in [2.24, 2.45) is 5.92 Å². The molecule has 0 spiro atoms. The Labute approximate surface area is 86.2 Å². The summed E-state index contributed by atoms with van der Waals surface area (Å²) in [5.41, 5.74) is 0. The fraction of sp³-hybridized carbons (Fsp3) is 0.625. The minimum atomic E-state index is -0.808. The van der Waals surface area contributed by atoms with Gasteiger partial charge in [-0.2, -0.15) is 0 Å². The lowest BCUT2D eigenvalue weighted by molar-refractivity contribution is -0.140. The second-order valence-corrected chi connectivity index (χ2v) is 4.04. The van der Waals surface area contributed by atoms with Crippen molar-refractivity contribution in [2.45, 2.75) is 20.3 Å². The lowest BCUT2D eigenvalue weighted by Crippen LogP contribution is -2.19. The molecule has 5 nitrogen and oxygen atoms in total. The van der Waals surface area contributed by atoms with Gasteiger partial charge in [-0.3, -0.25) is 4.79 Å². The van der Waals surface area contributed by atoms with E-state index in [9.17, 15) is 4.79 Å². The smallest absolute Gasteiger partial charge is 0.308 e. The van der Waals surface area contributed by atoms with Crippen LogP contribution >= 0.6 is 11.3 Å². The number of nitrogens with one attached hydrogen (secondary N) is 1. The van der Waals surface area contributed by atoms with Gasteiger partial charge in [-0.25, -0.2) is 0 Å². The molecule has 0 aliphatic rings. The molecule has 1 aromatic heterocycles. The molecular formula is C8H13N3O2S. The maximum atomic E-state index is 10.5. The number of nitrogens with zero attached hydrogens (tertiary/aromatic N) is 2. The minimum Gasteiger partial charge on any atom is -0.481 e. The molecule has 0 saturated carbocycles. The van der Waals surface area contributed by atoms with Crippen molar-refractivity contribution >= 4 is 22.4 Å². The Morgan fingerprint density at radius 1 is 1.64 bits per heavy atom. The van der Waals surface area contributed by atoms with Crippen molar-refractivity contribution in [3.05, 3.63) is 5.01 Å². The van der Waals surface area contributed by atoms with Gasteiger partial charge in [0.25, 0.3) is 0 Å². The highest BCUT2D eigenvalue weighted by atomic mass is 32.1. The Morgan fingerprint density at radius 3 is 2.86 bits per heavy atom. The van der Waals surface area contributed by atoms with Crippen LogP contribution in [0.1, 0.15) is 18.9 Å². The van der Waals surface area contributed by atoms with E-state index in [4.69, 9.17) is 5.11 Å². The molecular weight excluding hydrogens is 202 g/mol. The molecule has 1 heterocycles. The summed E-state index contributed by atoms with van der Waals surface area (Å²) in [6.45, 7) is 4.04. The fourth-order valence-electron chi connectivity index (χ4n) is 0.796. The van der Waals surface area contributed by atoms with E-state index in [0.717, 1.165) is 11.4 Å². The lowest BCUT2D eigenvalue weighted by Gasteiger charge is -2.05. The molecule has 1 unspecified atom stereocenters. The zero-order chi connectivity index (χ0) is 10.6. The van der Waals surface area contributed by atoms with E-state index >= 15 is 0 Å². The Morgan fingerprint density at radius 2 is 2.36 bits per heavy atom. The zero-order valence-corrected chi connectivity index (χ0v) is 8.97. The summed E-state index contributed by atoms with van der Waals surface area (Å²) in [5.74, 6) is -1.22. The van der Waals surface area contributed by atoms with Crippen molar-refractivity contribution in [3.63, 3.8) is 0 Å². The number of hydrogen-bond acceptors (Lipinski definition) is 5. The van der Waals surface area contributed by atoms with Gasteiger partial charge < -0.3 is 10.4 Å². The average molecular weight is 215 g/mol. The molecule has 0 radical (unpaired) electrons. The molecule has 0 amide bonds. The van der Waals surface area contributed by atoms with E-state index in [1.165, 1.54) is 11.3 Å². The number of aryl methyl sites for hydroxylation is 1. The normalized spacial score (nSPS) is 12.4. The van der Waals surface area contributed by atoms with Gasteiger partial charge in [0.15, 0.2) is 0 Å². The predicted octanol–water partition coefficient (Wildman–Crippen LogP) is 1.23. The van der Waals surface area contributed by atoms with Crippen LogP contribution in [0.2, 0.25) is 0 Å². The summed E-state index contributed by atoms with van der Waals surface area (Å²) < 4.78 is 0. The van der Waals surface area contributed by atoms with Gasteiger partial charge in [-0.15, -0.1) is 10.2 Å². The Bertz CT molecular complexity index is 313. The van der Waals surface area contributed by atoms with E-state index in [2.05, 4.69) is 15.5 Å². The van der Waals surface area contributed by atoms with E-state index < -0.39 is 11.9 Å². The van der Waals surface area contributed by atoms with Gasteiger partial charge in [0.1, 0.15) is 5.01 Å². The molecule has 0 aromatic carbocycles. The maximum absolute atomic E-state index is 10.5. The Balaban J connectivity index is 2.41. The second kappa shape index (κ2) is 4.90. The predicted molar refractivity (Wildman–Crippen MR) is 54.6 cm³/mol. The molecule has 0 saturated heterocycles. The molecule has 1 aromatic rings. The third kappa shape index (κ3) is 2.95. The number of aromatic nitrogens is 2. The highest BCUT2D eigenvalue weighted by molar-refractivity contribution is 7.15. The van der Waals surface area contributed by atoms with Crippen LogP contribution < -0.4 is 5.32 Å². The number of carbonyl (C=O) groups is 1. The van der Waals surface area contributed by atoms with Gasteiger partial charge >= 0.3 is 5.97 Å². The van der Waals surface area contributed by atoms with Gasteiger partial charge in [-0.1, -0.05) is 25.2 Å².